The van der Waals surface area contributed by atoms with Crippen LogP contribution in [0.5, 0.6) is 5.88 Å². The molecule has 6 nitrogen and oxygen atoms in total. The van der Waals surface area contributed by atoms with Gasteiger partial charge in [0.05, 0.1) is 12.8 Å². The van der Waals surface area contributed by atoms with Gasteiger partial charge in [0.1, 0.15) is 5.82 Å². The second-order valence-electron chi connectivity index (χ2n) is 3.14. The van der Waals surface area contributed by atoms with Crippen molar-refractivity contribution in [3.8, 4) is 5.88 Å². The van der Waals surface area contributed by atoms with Crippen LogP contribution in [0, 0.1) is 0 Å². The van der Waals surface area contributed by atoms with Gasteiger partial charge in [0, 0.05) is 20.0 Å². The molecule has 0 spiro atoms. The van der Waals surface area contributed by atoms with E-state index in [1.54, 1.807) is 19.2 Å². The van der Waals surface area contributed by atoms with Gasteiger partial charge < -0.3 is 21.1 Å². The van der Waals surface area contributed by atoms with Crippen LogP contribution in [0.15, 0.2) is 12.1 Å². The van der Waals surface area contributed by atoms with Crippen LogP contribution in [-0.4, -0.2) is 31.6 Å². The van der Waals surface area contributed by atoms with Crippen LogP contribution in [0.25, 0.3) is 0 Å². The van der Waals surface area contributed by atoms with Crippen molar-refractivity contribution in [3.05, 3.63) is 12.1 Å². The number of pyridine rings is 1. The minimum Gasteiger partial charge on any atom is -0.479 e. The zero-order chi connectivity index (χ0) is 12.0. The quantitative estimate of drug-likeness (QED) is 0.665. The zero-order valence-corrected chi connectivity index (χ0v) is 9.41. The Kier molecular flexibility index (Phi) is 4.38. The summed E-state index contributed by atoms with van der Waals surface area (Å²) in [6, 6.07) is 3.44. The fourth-order valence-electron chi connectivity index (χ4n) is 1.14. The molecule has 4 N–H and O–H groups in total. The predicted molar refractivity (Wildman–Crippen MR) is 62.4 cm³/mol. The molecule has 0 aromatic carbocycles. The van der Waals surface area contributed by atoms with E-state index in [9.17, 15) is 4.79 Å². The van der Waals surface area contributed by atoms with Gasteiger partial charge in [-0.15, -0.1) is 0 Å². The summed E-state index contributed by atoms with van der Waals surface area (Å²) in [5.74, 6) is 0.995. The second-order valence-corrected chi connectivity index (χ2v) is 3.14. The number of anilines is 2. The maximum Gasteiger partial charge on any atom is 0.238 e. The van der Waals surface area contributed by atoms with Gasteiger partial charge in [0.15, 0.2) is 0 Å². The molecule has 0 radical (unpaired) electrons. The number of nitrogens with zero attached hydrogens (tertiary/aromatic N) is 1. The molecule has 0 aliphatic heterocycles. The first-order valence-electron chi connectivity index (χ1n) is 4.92. The minimum absolute atomic E-state index is 0.0186. The monoisotopic (exact) mass is 224 g/mol. The first kappa shape index (κ1) is 12.1. The van der Waals surface area contributed by atoms with E-state index in [2.05, 4.69) is 15.6 Å². The Morgan fingerprint density at radius 2 is 2.31 bits per heavy atom. The number of nitrogens with two attached hydrogens (primary N) is 1. The van der Waals surface area contributed by atoms with Crippen LogP contribution in [0.4, 0.5) is 11.5 Å². The topological polar surface area (TPSA) is 89.3 Å². The molecular formula is C10H16N4O2. The van der Waals surface area contributed by atoms with E-state index < -0.39 is 0 Å². The Morgan fingerprint density at radius 3 is 2.94 bits per heavy atom. The van der Waals surface area contributed by atoms with Gasteiger partial charge >= 0.3 is 0 Å². The third-order valence-electron chi connectivity index (χ3n) is 2.02. The van der Waals surface area contributed by atoms with Gasteiger partial charge in [0.2, 0.25) is 11.8 Å². The molecule has 1 rings (SSSR count). The standard InChI is InChI=1S/C10H16N4O2/c1-12-9(15)5-6-13-8-4-3-7(11)10(14-8)16-2/h3-4H,5-6,11H2,1-2H3,(H,12,15)(H,13,14). The van der Waals surface area contributed by atoms with Crippen molar-refractivity contribution in [2.24, 2.45) is 0 Å². The summed E-state index contributed by atoms with van der Waals surface area (Å²) in [7, 11) is 3.11. The second kappa shape index (κ2) is 5.79. The lowest BCUT2D eigenvalue weighted by Gasteiger charge is -2.08. The van der Waals surface area contributed by atoms with Crippen LogP contribution in [0.1, 0.15) is 6.42 Å². The molecule has 1 aromatic heterocycles. The number of methoxy groups -OCH3 is 1. The van der Waals surface area contributed by atoms with Crippen molar-refractivity contribution in [3.63, 3.8) is 0 Å². The van der Waals surface area contributed by atoms with E-state index in [0.717, 1.165) is 0 Å². The van der Waals surface area contributed by atoms with Gasteiger partial charge in [-0.2, -0.15) is 4.98 Å². The lowest BCUT2D eigenvalue weighted by Crippen LogP contribution is -2.21. The smallest absolute Gasteiger partial charge is 0.238 e. The van der Waals surface area contributed by atoms with Gasteiger partial charge in [-0.3, -0.25) is 4.79 Å². The molecular weight excluding hydrogens is 208 g/mol. The number of hydrogen-bond acceptors (Lipinski definition) is 5. The minimum atomic E-state index is -0.0186. The van der Waals surface area contributed by atoms with Crippen LogP contribution < -0.4 is 21.1 Å². The zero-order valence-electron chi connectivity index (χ0n) is 9.41. The molecule has 0 saturated carbocycles. The summed E-state index contributed by atoms with van der Waals surface area (Å²) in [5.41, 5.74) is 6.10. The number of nitrogen functional groups attached to an aromatic ring is 1. The molecule has 0 atom stereocenters. The maximum atomic E-state index is 11.0. The molecule has 0 fully saturated rings. The van der Waals surface area contributed by atoms with Crippen molar-refractivity contribution in [1.29, 1.82) is 0 Å². The third kappa shape index (κ3) is 3.30. The molecule has 0 saturated heterocycles. The molecule has 1 heterocycles. The summed E-state index contributed by atoms with van der Waals surface area (Å²) >= 11 is 0. The van der Waals surface area contributed by atoms with Gasteiger partial charge in [-0.25, -0.2) is 0 Å². The average Bonchev–Trinajstić information content (AvgIpc) is 2.31. The number of hydrogen-bond donors (Lipinski definition) is 3. The number of nitrogens with one attached hydrogen (secondary N) is 2. The van der Waals surface area contributed by atoms with Crippen LogP contribution >= 0.6 is 0 Å². The number of ether oxygens (including phenoxy) is 1. The largest absolute Gasteiger partial charge is 0.479 e. The van der Waals surface area contributed by atoms with Crippen molar-refractivity contribution in [2.45, 2.75) is 6.42 Å². The van der Waals surface area contributed by atoms with Crippen molar-refractivity contribution < 1.29 is 9.53 Å². The lowest BCUT2D eigenvalue weighted by molar-refractivity contribution is -0.120. The molecule has 1 aromatic rings. The predicted octanol–water partition coefficient (Wildman–Crippen LogP) is 0.220. The average molecular weight is 224 g/mol. The Bertz CT molecular complexity index is 368. The highest BCUT2D eigenvalue weighted by Crippen LogP contribution is 2.19. The number of carbonyl (C=O) groups is 1. The highest BCUT2D eigenvalue weighted by molar-refractivity contribution is 5.76. The summed E-state index contributed by atoms with van der Waals surface area (Å²) < 4.78 is 4.98. The number of rotatable bonds is 5. The first-order chi connectivity index (χ1) is 7.67. The van der Waals surface area contributed by atoms with E-state index in [1.165, 1.54) is 7.11 Å². The first-order valence-corrected chi connectivity index (χ1v) is 4.92. The molecule has 1 amide bonds. The Morgan fingerprint density at radius 1 is 1.56 bits per heavy atom. The summed E-state index contributed by atoms with van der Waals surface area (Å²) in [4.78, 5) is 15.1. The third-order valence-corrected chi connectivity index (χ3v) is 2.02. The molecule has 88 valence electrons. The van der Waals surface area contributed by atoms with Crippen molar-refractivity contribution in [1.82, 2.24) is 10.3 Å². The fraction of sp³-hybridized carbons (Fsp3) is 0.400. The Labute approximate surface area is 94.2 Å². The summed E-state index contributed by atoms with van der Waals surface area (Å²) in [6.45, 7) is 0.514. The molecule has 6 heteroatoms. The highest BCUT2D eigenvalue weighted by Gasteiger charge is 2.03. The van der Waals surface area contributed by atoms with Gasteiger partial charge in [0.25, 0.3) is 0 Å². The highest BCUT2D eigenvalue weighted by atomic mass is 16.5. The van der Waals surface area contributed by atoms with E-state index >= 15 is 0 Å². The number of amides is 1. The Hall–Kier alpha value is -1.98. The van der Waals surface area contributed by atoms with Crippen molar-refractivity contribution in [2.75, 3.05) is 31.8 Å². The fourth-order valence-corrected chi connectivity index (χ4v) is 1.14. The Balaban J connectivity index is 2.51. The summed E-state index contributed by atoms with van der Waals surface area (Å²) in [6.07, 6.45) is 0.394. The molecule has 0 aliphatic carbocycles. The van der Waals surface area contributed by atoms with Crippen LogP contribution in [-0.2, 0) is 4.79 Å². The van der Waals surface area contributed by atoms with Gasteiger partial charge in [-0.05, 0) is 12.1 Å². The normalized spacial score (nSPS) is 9.62. The number of carbonyl (C=O) groups excluding carboxylic acids is 1. The van der Waals surface area contributed by atoms with Crippen LogP contribution in [0.2, 0.25) is 0 Å². The summed E-state index contributed by atoms with van der Waals surface area (Å²) in [5, 5.41) is 5.54. The number of aromatic nitrogens is 1. The van der Waals surface area contributed by atoms with E-state index in [-0.39, 0.29) is 5.91 Å². The maximum absolute atomic E-state index is 11.0. The molecule has 16 heavy (non-hydrogen) atoms. The van der Waals surface area contributed by atoms with E-state index in [1.807, 2.05) is 0 Å². The SMILES string of the molecule is CNC(=O)CCNc1ccc(N)c(OC)n1. The molecule has 0 bridgehead atoms. The lowest BCUT2D eigenvalue weighted by atomic mass is 10.3. The van der Waals surface area contributed by atoms with E-state index in [4.69, 9.17) is 10.5 Å². The van der Waals surface area contributed by atoms with Gasteiger partial charge in [-0.1, -0.05) is 0 Å². The van der Waals surface area contributed by atoms with Crippen molar-refractivity contribution >= 4 is 17.4 Å². The van der Waals surface area contributed by atoms with E-state index in [0.29, 0.717) is 30.4 Å². The molecule has 0 unspecified atom stereocenters. The van der Waals surface area contributed by atoms with Crippen LogP contribution in [0.3, 0.4) is 0 Å². The molecule has 0 aliphatic rings.